The van der Waals surface area contributed by atoms with Crippen LogP contribution in [-0.2, 0) is 19.6 Å². The second kappa shape index (κ2) is 7.19. The molecule has 0 aromatic heterocycles. The van der Waals surface area contributed by atoms with E-state index >= 15 is 0 Å². The van der Waals surface area contributed by atoms with Crippen LogP contribution in [0.2, 0.25) is 0 Å². The second-order valence-corrected chi connectivity index (χ2v) is 6.74. The molecule has 0 atom stereocenters. The van der Waals surface area contributed by atoms with Gasteiger partial charge in [-0.2, -0.15) is 0 Å². The molecule has 0 aliphatic heterocycles. The van der Waals surface area contributed by atoms with Gasteiger partial charge in [-0.3, -0.25) is 4.79 Å². The van der Waals surface area contributed by atoms with Gasteiger partial charge < -0.3 is 10.1 Å². The first-order chi connectivity index (χ1) is 9.77. The van der Waals surface area contributed by atoms with Crippen molar-refractivity contribution in [2.24, 2.45) is 0 Å². The Kier molecular flexibility index (Phi) is 5.86. The van der Waals surface area contributed by atoms with Gasteiger partial charge in [0.1, 0.15) is 0 Å². The molecule has 0 spiro atoms. The lowest BCUT2D eigenvalue weighted by Gasteiger charge is -2.12. The van der Waals surface area contributed by atoms with E-state index in [9.17, 15) is 18.0 Å². The van der Waals surface area contributed by atoms with Crippen molar-refractivity contribution in [3.63, 3.8) is 0 Å². The van der Waals surface area contributed by atoms with Crippen LogP contribution in [0.1, 0.15) is 16.8 Å². The Bertz CT molecular complexity index is 625. The normalized spacial score (nSPS) is 11.2. The molecule has 0 radical (unpaired) electrons. The number of nitrogens with one attached hydrogen (secondary N) is 1. The van der Waals surface area contributed by atoms with Crippen molar-refractivity contribution in [2.45, 2.75) is 6.42 Å². The first-order valence-electron chi connectivity index (χ1n) is 6.15. The van der Waals surface area contributed by atoms with Crippen LogP contribution in [-0.4, -0.2) is 51.6 Å². The number of sulfonamides is 1. The van der Waals surface area contributed by atoms with Crippen molar-refractivity contribution in [2.75, 3.05) is 32.3 Å². The highest BCUT2D eigenvalue weighted by molar-refractivity contribution is 7.89. The summed E-state index contributed by atoms with van der Waals surface area (Å²) in [6.45, 7) is 0. The largest absolute Gasteiger partial charge is 0.465 e. The highest BCUT2D eigenvalue weighted by Crippen LogP contribution is 2.16. The van der Waals surface area contributed by atoms with Gasteiger partial charge in [-0.25, -0.2) is 17.5 Å². The van der Waals surface area contributed by atoms with Crippen LogP contribution in [0.25, 0.3) is 0 Å². The second-order valence-electron chi connectivity index (χ2n) is 4.43. The molecule has 8 heteroatoms. The van der Waals surface area contributed by atoms with Crippen LogP contribution < -0.4 is 5.32 Å². The lowest BCUT2D eigenvalue weighted by atomic mass is 10.2. The number of hydrogen-bond acceptors (Lipinski definition) is 5. The SMILES string of the molecule is COC(=O)c1ccccc1NC(=O)CCS(=O)(=O)N(C)C. The maximum atomic E-state index is 11.8. The smallest absolute Gasteiger partial charge is 0.339 e. The molecule has 116 valence electrons. The summed E-state index contributed by atoms with van der Waals surface area (Å²) in [6.07, 6.45) is -0.198. The van der Waals surface area contributed by atoms with E-state index in [-0.39, 0.29) is 23.4 Å². The lowest BCUT2D eigenvalue weighted by Crippen LogP contribution is -2.27. The summed E-state index contributed by atoms with van der Waals surface area (Å²) in [5.74, 6) is -1.37. The fourth-order valence-electron chi connectivity index (χ4n) is 1.50. The van der Waals surface area contributed by atoms with E-state index in [1.54, 1.807) is 18.2 Å². The van der Waals surface area contributed by atoms with Gasteiger partial charge in [-0.15, -0.1) is 0 Å². The molecular weight excluding hydrogens is 296 g/mol. The summed E-state index contributed by atoms with van der Waals surface area (Å²) in [5.41, 5.74) is 0.500. The van der Waals surface area contributed by atoms with Gasteiger partial charge in [0.05, 0.1) is 24.1 Å². The van der Waals surface area contributed by atoms with Gasteiger partial charge >= 0.3 is 5.97 Å². The molecule has 1 amide bonds. The first-order valence-corrected chi connectivity index (χ1v) is 7.76. The third-order valence-electron chi connectivity index (χ3n) is 2.75. The number of esters is 1. The molecule has 1 aromatic rings. The molecule has 0 aliphatic carbocycles. The molecule has 1 N–H and O–H groups in total. The zero-order valence-corrected chi connectivity index (χ0v) is 12.9. The van der Waals surface area contributed by atoms with Crippen LogP contribution in [0.15, 0.2) is 24.3 Å². The zero-order valence-electron chi connectivity index (χ0n) is 12.1. The number of benzene rings is 1. The number of rotatable bonds is 6. The molecule has 0 aliphatic rings. The molecular formula is C13H18N2O5S. The summed E-state index contributed by atoms with van der Waals surface area (Å²) in [5, 5.41) is 2.51. The van der Waals surface area contributed by atoms with Crippen LogP contribution in [0.4, 0.5) is 5.69 Å². The standard InChI is InChI=1S/C13H18N2O5S/c1-15(2)21(18,19)9-8-12(16)14-11-7-5-4-6-10(11)13(17)20-3/h4-7H,8-9H2,1-3H3,(H,14,16). The molecule has 0 heterocycles. The number of carbonyl (C=O) groups excluding carboxylic acids is 2. The van der Waals surface area contributed by atoms with Crippen LogP contribution >= 0.6 is 0 Å². The van der Waals surface area contributed by atoms with Crippen LogP contribution in [0, 0.1) is 0 Å². The summed E-state index contributed by atoms with van der Waals surface area (Å²) in [4.78, 5) is 23.3. The van der Waals surface area contributed by atoms with Crippen molar-refractivity contribution >= 4 is 27.6 Å². The number of ether oxygens (including phenoxy) is 1. The zero-order chi connectivity index (χ0) is 16.0. The number of nitrogens with zero attached hydrogens (tertiary/aromatic N) is 1. The topological polar surface area (TPSA) is 92.8 Å². The van der Waals surface area contributed by atoms with Gasteiger partial charge in [-0.1, -0.05) is 12.1 Å². The Hall–Kier alpha value is -1.93. The molecule has 0 saturated carbocycles. The monoisotopic (exact) mass is 314 g/mol. The quantitative estimate of drug-likeness (QED) is 0.780. The van der Waals surface area contributed by atoms with E-state index in [2.05, 4.69) is 10.1 Å². The fraction of sp³-hybridized carbons (Fsp3) is 0.385. The summed E-state index contributed by atoms with van der Waals surface area (Å²) in [6, 6.07) is 6.35. The Labute approximate surface area is 123 Å². The number of hydrogen-bond donors (Lipinski definition) is 1. The Morgan fingerprint density at radius 3 is 2.43 bits per heavy atom. The molecule has 1 rings (SSSR count). The highest BCUT2D eigenvalue weighted by Gasteiger charge is 2.17. The number of para-hydroxylation sites is 1. The number of anilines is 1. The van der Waals surface area contributed by atoms with Gasteiger partial charge in [0.2, 0.25) is 15.9 Å². The molecule has 0 fully saturated rings. The van der Waals surface area contributed by atoms with Crippen molar-refractivity contribution < 1.29 is 22.7 Å². The van der Waals surface area contributed by atoms with E-state index in [4.69, 9.17) is 0 Å². The van der Waals surface area contributed by atoms with E-state index in [0.29, 0.717) is 0 Å². The molecule has 21 heavy (non-hydrogen) atoms. The van der Waals surface area contributed by atoms with Crippen LogP contribution in [0.3, 0.4) is 0 Å². The van der Waals surface area contributed by atoms with Gasteiger partial charge in [-0.05, 0) is 12.1 Å². The lowest BCUT2D eigenvalue weighted by molar-refractivity contribution is -0.115. The van der Waals surface area contributed by atoms with Gasteiger partial charge in [0.25, 0.3) is 0 Å². The van der Waals surface area contributed by atoms with Crippen molar-refractivity contribution in [1.29, 1.82) is 0 Å². The van der Waals surface area contributed by atoms with Gasteiger partial charge in [0.15, 0.2) is 0 Å². The molecule has 0 saturated heterocycles. The van der Waals surface area contributed by atoms with Crippen molar-refractivity contribution in [1.82, 2.24) is 4.31 Å². The van der Waals surface area contributed by atoms with E-state index in [1.165, 1.54) is 27.3 Å². The Morgan fingerprint density at radius 1 is 1.24 bits per heavy atom. The van der Waals surface area contributed by atoms with Gasteiger partial charge in [0, 0.05) is 20.5 Å². The van der Waals surface area contributed by atoms with Crippen LogP contribution in [0.5, 0.6) is 0 Å². The fourth-order valence-corrected chi connectivity index (χ4v) is 2.31. The third kappa shape index (κ3) is 4.83. The van der Waals surface area contributed by atoms with Crippen molar-refractivity contribution in [3.05, 3.63) is 29.8 Å². The maximum absolute atomic E-state index is 11.8. The minimum absolute atomic E-state index is 0.198. The molecule has 0 unspecified atom stereocenters. The Balaban J connectivity index is 2.75. The maximum Gasteiger partial charge on any atom is 0.339 e. The first kappa shape index (κ1) is 17.1. The predicted octanol–water partition coefficient (Wildman–Crippen LogP) is 0.693. The average molecular weight is 314 g/mol. The van der Waals surface area contributed by atoms with E-state index < -0.39 is 21.9 Å². The minimum Gasteiger partial charge on any atom is -0.465 e. The summed E-state index contributed by atoms with van der Waals surface area (Å²) in [7, 11) is 0.610. The summed E-state index contributed by atoms with van der Waals surface area (Å²) < 4.78 is 28.8. The average Bonchev–Trinajstić information content (AvgIpc) is 2.45. The number of methoxy groups -OCH3 is 1. The molecule has 0 bridgehead atoms. The third-order valence-corrected chi connectivity index (χ3v) is 4.58. The molecule has 1 aromatic carbocycles. The Morgan fingerprint density at radius 2 is 1.86 bits per heavy atom. The van der Waals surface area contributed by atoms with Crippen molar-refractivity contribution in [3.8, 4) is 0 Å². The van der Waals surface area contributed by atoms with E-state index in [0.717, 1.165) is 4.31 Å². The molecule has 7 nitrogen and oxygen atoms in total. The number of amides is 1. The highest BCUT2D eigenvalue weighted by atomic mass is 32.2. The van der Waals surface area contributed by atoms with E-state index in [1.807, 2.05) is 0 Å². The predicted molar refractivity (Wildman–Crippen MR) is 78.5 cm³/mol. The summed E-state index contributed by atoms with van der Waals surface area (Å²) >= 11 is 0. The minimum atomic E-state index is -3.44. The number of carbonyl (C=O) groups is 2.